The van der Waals surface area contributed by atoms with Crippen LogP contribution in [-0.2, 0) is 6.42 Å². The highest BCUT2D eigenvalue weighted by atomic mass is 19.4. The fourth-order valence-electron chi connectivity index (χ4n) is 2.88. The zero-order chi connectivity index (χ0) is 18.9. The summed E-state index contributed by atoms with van der Waals surface area (Å²) in [7, 11) is 0. The van der Waals surface area contributed by atoms with Crippen LogP contribution in [0.25, 0.3) is 21.9 Å². The number of rotatable bonds is 4. The van der Waals surface area contributed by atoms with E-state index in [1.807, 2.05) is 12.1 Å². The van der Waals surface area contributed by atoms with Crippen LogP contribution in [0.2, 0.25) is 0 Å². The minimum absolute atomic E-state index is 0.109. The maximum atomic E-state index is 14.8. The smallest absolute Gasteiger partial charge is 0.403 e. The first-order chi connectivity index (χ1) is 12.3. The normalized spacial score (nSPS) is 11.8. The van der Waals surface area contributed by atoms with Gasteiger partial charge < -0.3 is 4.74 Å². The number of benzene rings is 3. The molecule has 3 rings (SSSR count). The molecule has 6 heteroatoms. The summed E-state index contributed by atoms with van der Waals surface area (Å²) in [5.74, 6) is -2.71. The van der Waals surface area contributed by atoms with Crippen LogP contribution in [0.5, 0.6) is 5.75 Å². The Morgan fingerprint density at radius 1 is 0.923 bits per heavy atom. The second-order valence-corrected chi connectivity index (χ2v) is 5.93. The molecule has 0 amide bonds. The van der Waals surface area contributed by atoms with Gasteiger partial charge in [-0.25, -0.2) is 8.78 Å². The van der Waals surface area contributed by atoms with Gasteiger partial charge >= 0.3 is 6.36 Å². The number of hydrogen-bond acceptors (Lipinski definition) is 1. The molecule has 136 valence electrons. The predicted molar refractivity (Wildman–Crippen MR) is 90.0 cm³/mol. The summed E-state index contributed by atoms with van der Waals surface area (Å²) in [6.45, 7) is 2.05. The first-order valence-electron chi connectivity index (χ1n) is 8.05. The van der Waals surface area contributed by atoms with Crippen molar-refractivity contribution in [3.8, 4) is 16.9 Å². The van der Waals surface area contributed by atoms with Crippen LogP contribution in [-0.4, -0.2) is 6.36 Å². The van der Waals surface area contributed by atoms with Gasteiger partial charge in [-0.3, -0.25) is 0 Å². The number of aryl methyl sites for hydroxylation is 1. The van der Waals surface area contributed by atoms with Crippen molar-refractivity contribution in [3.05, 3.63) is 65.7 Å². The molecule has 0 aliphatic carbocycles. The lowest BCUT2D eigenvalue weighted by atomic mass is 9.98. The molecule has 0 atom stereocenters. The average molecular weight is 366 g/mol. The molecule has 0 spiro atoms. The number of halogens is 5. The van der Waals surface area contributed by atoms with E-state index in [1.165, 1.54) is 12.1 Å². The molecule has 0 saturated carbocycles. The van der Waals surface area contributed by atoms with Crippen LogP contribution in [0, 0.1) is 11.6 Å². The lowest BCUT2D eigenvalue weighted by Crippen LogP contribution is -2.17. The number of ether oxygens (including phenoxy) is 1. The molecule has 0 bridgehead atoms. The van der Waals surface area contributed by atoms with Gasteiger partial charge in [0.05, 0.1) is 0 Å². The van der Waals surface area contributed by atoms with Crippen LogP contribution < -0.4 is 4.74 Å². The monoisotopic (exact) mass is 366 g/mol. The third kappa shape index (κ3) is 3.79. The molecule has 0 fully saturated rings. The second-order valence-electron chi connectivity index (χ2n) is 5.93. The topological polar surface area (TPSA) is 9.23 Å². The quantitative estimate of drug-likeness (QED) is 0.471. The van der Waals surface area contributed by atoms with E-state index in [9.17, 15) is 22.0 Å². The molecule has 0 N–H and O–H groups in total. The standard InChI is InChI=1S/C20H15F5O/c1-2-3-12-4-7-15-13(10-12)5-8-16(19(15)22)14-6-9-18(17(21)11-14)26-20(23,24)25/h4-11H,2-3H2,1H3. The SMILES string of the molecule is CCCc1ccc2c(F)c(-c3ccc(OC(F)(F)F)c(F)c3)ccc2c1. The minimum atomic E-state index is -4.99. The van der Waals surface area contributed by atoms with Crippen molar-refractivity contribution < 1.29 is 26.7 Å². The van der Waals surface area contributed by atoms with E-state index in [1.54, 1.807) is 12.1 Å². The molecule has 0 aliphatic heterocycles. The van der Waals surface area contributed by atoms with E-state index in [0.717, 1.165) is 35.9 Å². The summed E-state index contributed by atoms with van der Waals surface area (Å²) in [6.07, 6.45) is -3.14. The Labute approximate surface area is 147 Å². The van der Waals surface area contributed by atoms with Crippen molar-refractivity contribution in [1.82, 2.24) is 0 Å². The molecule has 1 nitrogen and oxygen atoms in total. The summed E-state index contributed by atoms with van der Waals surface area (Å²) >= 11 is 0. The first kappa shape index (κ1) is 18.2. The number of fused-ring (bicyclic) bond motifs is 1. The molecular formula is C20H15F5O. The molecule has 0 unspecified atom stereocenters. The lowest BCUT2D eigenvalue weighted by molar-refractivity contribution is -0.275. The van der Waals surface area contributed by atoms with Gasteiger partial charge in [-0.05, 0) is 35.1 Å². The van der Waals surface area contributed by atoms with Gasteiger partial charge in [-0.2, -0.15) is 0 Å². The molecule has 3 aromatic rings. The van der Waals surface area contributed by atoms with Crippen molar-refractivity contribution in [1.29, 1.82) is 0 Å². The van der Waals surface area contributed by atoms with E-state index in [0.29, 0.717) is 5.39 Å². The van der Waals surface area contributed by atoms with Crippen molar-refractivity contribution in [3.63, 3.8) is 0 Å². The van der Waals surface area contributed by atoms with E-state index in [2.05, 4.69) is 11.7 Å². The summed E-state index contributed by atoms with van der Waals surface area (Å²) in [5, 5.41) is 1.09. The molecular weight excluding hydrogens is 351 g/mol. The maximum Gasteiger partial charge on any atom is 0.573 e. The predicted octanol–water partition coefficient (Wildman–Crippen LogP) is 6.64. The fourth-order valence-corrected chi connectivity index (χ4v) is 2.88. The van der Waals surface area contributed by atoms with Crippen molar-refractivity contribution in [2.75, 3.05) is 0 Å². The zero-order valence-corrected chi connectivity index (χ0v) is 13.8. The van der Waals surface area contributed by atoms with Gasteiger partial charge in [0.15, 0.2) is 11.6 Å². The van der Waals surface area contributed by atoms with Gasteiger partial charge in [0.25, 0.3) is 0 Å². The van der Waals surface area contributed by atoms with Crippen LogP contribution in [0.4, 0.5) is 22.0 Å². The van der Waals surface area contributed by atoms with E-state index >= 15 is 0 Å². The first-order valence-corrected chi connectivity index (χ1v) is 8.05. The molecule has 26 heavy (non-hydrogen) atoms. The molecule has 0 aliphatic rings. The zero-order valence-electron chi connectivity index (χ0n) is 13.8. The third-order valence-electron chi connectivity index (χ3n) is 4.03. The molecule has 3 aromatic carbocycles. The Morgan fingerprint density at radius 2 is 1.69 bits per heavy atom. The Hall–Kier alpha value is -2.63. The Morgan fingerprint density at radius 3 is 2.35 bits per heavy atom. The highest BCUT2D eigenvalue weighted by Crippen LogP contribution is 2.33. The molecule has 0 heterocycles. The second kappa shape index (κ2) is 6.94. The van der Waals surface area contributed by atoms with Crippen molar-refractivity contribution in [2.45, 2.75) is 26.1 Å². The average Bonchev–Trinajstić information content (AvgIpc) is 2.56. The number of alkyl halides is 3. The van der Waals surface area contributed by atoms with Crippen LogP contribution in [0.15, 0.2) is 48.5 Å². The molecule has 0 radical (unpaired) electrons. The van der Waals surface area contributed by atoms with Crippen LogP contribution in [0.1, 0.15) is 18.9 Å². The highest BCUT2D eigenvalue weighted by molar-refractivity contribution is 5.88. The van der Waals surface area contributed by atoms with Crippen molar-refractivity contribution >= 4 is 10.8 Å². The summed E-state index contributed by atoms with van der Waals surface area (Å²) in [5.41, 5.74) is 1.33. The Bertz CT molecular complexity index is 947. The van der Waals surface area contributed by atoms with E-state index < -0.39 is 23.7 Å². The molecule has 0 aromatic heterocycles. The Kier molecular flexibility index (Phi) is 4.85. The largest absolute Gasteiger partial charge is 0.573 e. The van der Waals surface area contributed by atoms with E-state index in [4.69, 9.17) is 0 Å². The van der Waals surface area contributed by atoms with Gasteiger partial charge in [0, 0.05) is 10.9 Å². The van der Waals surface area contributed by atoms with Crippen molar-refractivity contribution in [2.24, 2.45) is 0 Å². The lowest BCUT2D eigenvalue weighted by Gasteiger charge is -2.12. The fraction of sp³-hybridized carbons (Fsp3) is 0.200. The highest BCUT2D eigenvalue weighted by Gasteiger charge is 2.32. The van der Waals surface area contributed by atoms with Crippen LogP contribution in [0.3, 0.4) is 0 Å². The third-order valence-corrected chi connectivity index (χ3v) is 4.03. The minimum Gasteiger partial charge on any atom is -0.403 e. The van der Waals surface area contributed by atoms with Gasteiger partial charge in [0.2, 0.25) is 0 Å². The van der Waals surface area contributed by atoms with Gasteiger partial charge in [-0.1, -0.05) is 49.7 Å². The maximum absolute atomic E-state index is 14.8. The van der Waals surface area contributed by atoms with E-state index in [-0.39, 0.29) is 11.1 Å². The number of hydrogen-bond donors (Lipinski definition) is 0. The van der Waals surface area contributed by atoms with Crippen LogP contribution >= 0.6 is 0 Å². The summed E-state index contributed by atoms with van der Waals surface area (Å²) in [4.78, 5) is 0. The molecule has 0 saturated heterocycles. The summed E-state index contributed by atoms with van der Waals surface area (Å²) < 4.78 is 69.0. The Balaban J connectivity index is 2.01. The van der Waals surface area contributed by atoms with Gasteiger partial charge in [0.1, 0.15) is 5.82 Å². The van der Waals surface area contributed by atoms with Gasteiger partial charge in [-0.15, -0.1) is 13.2 Å². The summed E-state index contributed by atoms with van der Waals surface area (Å²) in [6, 6.07) is 11.5.